The van der Waals surface area contributed by atoms with Crippen LogP contribution in [0.2, 0.25) is 0 Å². The summed E-state index contributed by atoms with van der Waals surface area (Å²) in [7, 11) is 0. The van der Waals surface area contributed by atoms with E-state index >= 15 is 0 Å². The summed E-state index contributed by atoms with van der Waals surface area (Å²) >= 11 is 0. The van der Waals surface area contributed by atoms with Crippen LogP contribution in [-0.4, -0.2) is 11.1 Å². The molecule has 0 fully saturated rings. The first-order valence-corrected chi connectivity index (χ1v) is 2.68. The second kappa shape index (κ2) is 4.33. The Morgan fingerprint density at radius 2 is 2.30 bits per heavy atom. The van der Waals surface area contributed by atoms with Crippen LogP contribution < -0.4 is 0 Å². The van der Waals surface area contributed by atoms with Crippen LogP contribution in [-0.2, 0) is 4.79 Å². The van der Waals surface area contributed by atoms with Crippen molar-refractivity contribution in [3.05, 3.63) is 23.8 Å². The zero-order valence-corrected chi connectivity index (χ0v) is 5.53. The lowest BCUT2D eigenvalue weighted by Gasteiger charge is -1.82. The predicted octanol–water partition coefficient (Wildman–Crippen LogP) is 1.10. The van der Waals surface area contributed by atoms with E-state index in [9.17, 15) is 4.79 Å². The van der Waals surface area contributed by atoms with Crippen molar-refractivity contribution in [3.8, 4) is 6.07 Å². The topological polar surface area (TPSA) is 61.1 Å². The molecule has 0 aromatic carbocycles. The van der Waals surface area contributed by atoms with Crippen molar-refractivity contribution in [1.82, 2.24) is 0 Å². The molecule has 1 N–H and O–H groups in total. The summed E-state index contributed by atoms with van der Waals surface area (Å²) in [5, 5.41) is 16.5. The van der Waals surface area contributed by atoms with Gasteiger partial charge in [0.2, 0.25) is 0 Å². The van der Waals surface area contributed by atoms with Gasteiger partial charge in [0.25, 0.3) is 0 Å². The average molecular weight is 137 g/mol. The third-order valence-corrected chi connectivity index (χ3v) is 0.806. The molecule has 0 rings (SSSR count). The molecule has 0 aliphatic carbocycles. The van der Waals surface area contributed by atoms with Gasteiger partial charge < -0.3 is 5.11 Å². The first kappa shape index (κ1) is 8.44. The van der Waals surface area contributed by atoms with Crippen LogP contribution in [0.4, 0.5) is 0 Å². The molecule has 0 unspecified atom stereocenters. The van der Waals surface area contributed by atoms with Crippen molar-refractivity contribution in [2.75, 3.05) is 0 Å². The van der Waals surface area contributed by atoms with Gasteiger partial charge in [-0.1, -0.05) is 12.2 Å². The van der Waals surface area contributed by atoms with Gasteiger partial charge >= 0.3 is 5.97 Å². The number of hydrogen-bond donors (Lipinski definition) is 1. The van der Waals surface area contributed by atoms with E-state index < -0.39 is 5.97 Å². The third kappa shape index (κ3) is 2.68. The van der Waals surface area contributed by atoms with Gasteiger partial charge in [-0.25, -0.2) is 4.79 Å². The maximum absolute atomic E-state index is 10.1. The molecule has 0 heterocycles. The second-order valence-corrected chi connectivity index (χ2v) is 1.52. The summed E-state index contributed by atoms with van der Waals surface area (Å²) < 4.78 is 0. The second-order valence-electron chi connectivity index (χ2n) is 1.52. The summed E-state index contributed by atoms with van der Waals surface area (Å²) in [4.78, 5) is 10.1. The number of carboxylic acid groups (broad SMARTS) is 1. The minimum absolute atomic E-state index is 0.252. The minimum atomic E-state index is -1.19. The fourth-order valence-corrected chi connectivity index (χ4v) is 0.349. The average Bonchev–Trinajstić information content (AvgIpc) is 1.89. The lowest BCUT2D eigenvalue weighted by atomic mass is 10.3. The fraction of sp³-hybridized carbons (Fsp3) is 0.143. The van der Waals surface area contributed by atoms with Crippen molar-refractivity contribution >= 4 is 5.97 Å². The van der Waals surface area contributed by atoms with Crippen molar-refractivity contribution in [2.45, 2.75) is 6.92 Å². The number of nitriles is 1. The number of nitrogens with zero attached hydrogens (tertiary/aromatic N) is 1. The Morgan fingerprint density at radius 1 is 1.70 bits per heavy atom. The maximum atomic E-state index is 10.1. The Hall–Kier alpha value is -1.56. The van der Waals surface area contributed by atoms with Gasteiger partial charge in [-0.3, -0.25) is 0 Å². The largest absolute Gasteiger partial charge is 0.477 e. The minimum Gasteiger partial charge on any atom is -0.477 e. The summed E-state index contributed by atoms with van der Waals surface area (Å²) in [5.74, 6) is -1.19. The van der Waals surface area contributed by atoms with Crippen molar-refractivity contribution < 1.29 is 9.90 Å². The van der Waals surface area contributed by atoms with Gasteiger partial charge in [0.15, 0.2) is 0 Å². The van der Waals surface area contributed by atoms with E-state index in [1.165, 1.54) is 12.2 Å². The normalized spacial score (nSPS) is 11.4. The third-order valence-electron chi connectivity index (χ3n) is 0.806. The molecule has 0 saturated carbocycles. The van der Waals surface area contributed by atoms with Gasteiger partial charge in [-0.15, -0.1) is 0 Å². The van der Waals surface area contributed by atoms with E-state index in [1.807, 2.05) is 0 Å². The summed E-state index contributed by atoms with van der Waals surface area (Å²) in [6, 6.07) is 1.55. The summed E-state index contributed by atoms with van der Waals surface area (Å²) in [6.45, 7) is 1.74. The smallest absolute Gasteiger partial charge is 0.346 e. The standard InChI is InChI=1S/C7H7NO2/c1-2-3-4-6(5-8)7(9)10/h2-4H,1H3,(H,9,10)/b3-2+,6-4+. The zero-order chi connectivity index (χ0) is 7.98. The molecular weight excluding hydrogens is 130 g/mol. The number of carbonyl (C=O) groups is 1. The quantitative estimate of drug-likeness (QED) is 0.352. The van der Waals surface area contributed by atoms with Crippen molar-refractivity contribution in [1.29, 1.82) is 5.26 Å². The molecule has 10 heavy (non-hydrogen) atoms. The predicted molar refractivity (Wildman–Crippen MR) is 36.1 cm³/mol. The SMILES string of the molecule is C/C=C/C=C(\C#N)C(=O)O. The Kier molecular flexibility index (Phi) is 3.66. The van der Waals surface area contributed by atoms with Gasteiger partial charge in [0.05, 0.1) is 0 Å². The zero-order valence-electron chi connectivity index (χ0n) is 5.53. The molecule has 0 atom stereocenters. The molecule has 0 aromatic rings. The summed E-state index contributed by atoms with van der Waals surface area (Å²) in [6.07, 6.45) is 4.41. The van der Waals surface area contributed by atoms with Crippen LogP contribution in [0.25, 0.3) is 0 Å². The molecule has 52 valence electrons. The van der Waals surface area contributed by atoms with Gasteiger partial charge in [-0.2, -0.15) is 5.26 Å². The van der Waals surface area contributed by atoms with Gasteiger partial charge in [0.1, 0.15) is 11.6 Å². The molecule has 3 heteroatoms. The number of hydrogen-bond acceptors (Lipinski definition) is 2. The van der Waals surface area contributed by atoms with E-state index in [1.54, 1.807) is 19.1 Å². The number of rotatable bonds is 2. The lowest BCUT2D eigenvalue weighted by molar-refractivity contribution is -0.132. The molecule has 0 aliphatic rings. The van der Waals surface area contributed by atoms with E-state index in [2.05, 4.69) is 0 Å². The molecule has 0 amide bonds. The first-order valence-electron chi connectivity index (χ1n) is 2.68. The van der Waals surface area contributed by atoms with E-state index in [0.717, 1.165) is 0 Å². The number of allylic oxidation sites excluding steroid dienone is 3. The molecule has 0 aliphatic heterocycles. The van der Waals surface area contributed by atoms with E-state index in [4.69, 9.17) is 10.4 Å². The lowest BCUT2D eigenvalue weighted by Crippen LogP contribution is -1.96. The maximum Gasteiger partial charge on any atom is 0.346 e. The number of aliphatic carboxylic acids is 1. The molecular formula is C7H7NO2. The number of carboxylic acids is 1. The Bertz CT molecular complexity index is 220. The Labute approximate surface area is 58.9 Å². The monoisotopic (exact) mass is 137 g/mol. The summed E-state index contributed by atoms with van der Waals surface area (Å²) in [5.41, 5.74) is -0.252. The molecule has 0 bridgehead atoms. The molecule has 0 aromatic heterocycles. The van der Waals surface area contributed by atoms with Crippen LogP contribution in [0, 0.1) is 11.3 Å². The molecule has 0 saturated heterocycles. The van der Waals surface area contributed by atoms with Crippen LogP contribution in [0.5, 0.6) is 0 Å². The molecule has 0 spiro atoms. The Morgan fingerprint density at radius 3 is 2.60 bits per heavy atom. The highest BCUT2D eigenvalue weighted by molar-refractivity contribution is 5.91. The first-order chi connectivity index (χ1) is 4.72. The molecule has 3 nitrogen and oxygen atoms in total. The van der Waals surface area contributed by atoms with Crippen LogP contribution in [0.3, 0.4) is 0 Å². The van der Waals surface area contributed by atoms with Crippen molar-refractivity contribution in [2.24, 2.45) is 0 Å². The highest BCUT2D eigenvalue weighted by atomic mass is 16.4. The van der Waals surface area contributed by atoms with Crippen molar-refractivity contribution in [3.63, 3.8) is 0 Å². The van der Waals surface area contributed by atoms with Gasteiger partial charge in [0, 0.05) is 0 Å². The van der Waals surface area contributed by atoms with E-state index in [0.29, 0.717) is 0 Å². The highest BCUT2D eigenvalue weighted by Crippen LogP contribution is 1.91. The van der Waals surface area contributed by atoms with Crippen LogP contribution in [0.15, 0.2) is 23.8 Å². The molecule has 0 radical (unpaired) electrons. The highest BCUT2D eigenvalue weighted by Gasteiger charge is 2.01. The van der Waals surface area contributed by atoms with E-state index in [-0.39, 0.29) is 5.57 Å². The Balaban J connectivity index is 4.38. The van der Waals surface area contributed by atoms with Crippen LogP contribution >= 0.6 is 0 Å². The van der Waals surface area contributed by atoms with Crippen LogP contribution in [0.1, 0.15) is 6.92 Å². The fourth-order valence-electron chi connectivity index (χ4n) is 0.349. The van der Waals surface area contributed by atoms with Gasteiger partial charge in [-0.05, 0) is 13.0 Å².